The number of halogens is 1. The van der Waals surface area contributed by atoms with E-state index in [2.05, 4.69) is 22.6 Å². The highest BCUT2D eigenvalue weighted by atomic mass is 127. The molecule has 1 amide bonds. The number of hydrogen-bond acceptors (Lipinski definition) is 4. The highest BCUT2D eigenvalue weighted by Gasteiger charge is 2.27. The highest BCUT2D eigenvalue weighted by Crippen LogP contribution is 2.24. The van der Waals surface area contributed by atoms with Crippen molar-refractivity contribution in [3.05, 3.63) is 35.9 Å². The molecule has 1 N–H and O–H groups in total. The molecule has 0 aliphatic carbocycles. The molecule has 2 unspecified atom stereocenters. The van der Waals surface area contributed by atoms with Crippen LogP contribution in [0, 0.1) is 0 Å². The lowest BCUT2D eigenvalue weighted by Crippen LogP contribution is -3.15. The molecular weight excluding hydrogens is 421 g/mol. The number of benzene rings is 1. The molecule has 2 atom stereocenters. The molecule has 6 heteroatoms. The monoisotopic (exact) mass is 448 g/mol. The molecule has 0 aliphatic rings. The molecule has 1 aromatic carbocycles. The van der Waals surface area contributed by atoms with Gasteiger partial charge in [-0.1, -0.05) is 59.8 Å². The third-order valence-corrected chi connectivity index (χ3v) is 4.41. The van der Waals surface area contributed by atoms with Crippen molar-refractivity contribution in [3.63, 3.8) is 0 Å². The number of carbonyl (C=O) groups excluding carboxylic acids is 2. The van der Waals surface area contributed by atoms with Crippen LogP contribution in [0.4, 0.5) is 4.79 Å². The van der Waals surface area contributed by atoms with Gasteiger partial charge in [-0.25, -0.2) is 4.90 Å². The maximum atomic E-state index is 12.2. The SMILES string of the molecule is CCC[NH+](CCOC(=O)C(I)c1ccccc1)C(=O)OC(C)(C)C. The van der Waals surface area contributed by atoms with Crippen LogP contribution in [0.2, 0.25) is 0 Å². The molecule has 0 aromatic heterocycles. The van der Waals surface area contributed by atoms with Gasteiger partial charge in [-0.2, -0.15) is 4.79 Å². The number of hydrogen-bond donors (Lipinski definition) is 1. The predicted octanol–water partition coefficient (Wildman–Crippen LogP) is 2.94. The summed E-state index contributed by atoms with van der Waals surface area (Å²) >= 11 is 2.07. The zero-order valence-corrected chi connectivity index (χ0v) is 17.0. The number of alkyl halides is 1. The fourth-order valence-electron chi connectivity index (χ4n) is 2.09. The van der Waals surface area contributed by atoms with Crippen LogP contribution in [-0.2, 0) is 14.3 Å². The lowest BCUT2D eigenvalue weighted by molar-refractivity contribution is -0.825. The minimum atomic E-state index is -0.520. The smallest absolute Gasteiger partial charge is 0.459 e. The Morgan fingerprint density at radius 1 is 1.17 bits per heavy atom. The van der Waals surface area contributed by atoms with Crippen molar-refractivity contribution >= 4 is 34.7 Å². The van der Waals surface area contributed by atoms with Gasteiger partial charge in [-0.05, 0) is 32.8 Å². The summed E-state index contributed by atoms with van der Waals surface area (Å²) in [6, 6.07) is 9.49. The van der Waals surface area contributed by atoms with E-state index in [1.807, 2.05) is 58.0 Å². The standard InChI is InChI=1S/C18H26INO4/c1-5-11-20(17(22)24-18(2,3)4)12-13-23-16(21)15(19)14-9-7-6-8-10-14/h6-10,15H,5,11-13H2,1-4H3/p+1. The Morgan fingerprint density at radius 2 is 1.79 bits per heavy atom. The van der Waals surface area contributed by atoms with E-state index in [1.54, 1.807) is 0 Å². The summed E-state index contributed by atoms with van der Waals surface area (Å²) < 4.78 is 10.4. The minimum Gasteiger partial charge on any atom is -0.459 e. The Morgan fingerprint density at radius 3 is 2.33 bits per heavy atom. The largest absolute Gasteiger partial charge is 0.514 e. The number of alkyl carbamates (subject to hydrolysis) is 2. The predicted molar refractivity (Wildman–Crippen MR) is 101 cm³/mol. The van der Waals surface area contributed by atoms with Gasteiger partial charge < -0.3 is 9.47 Å². The zero-order chi connectivity index (χ0) is 18.2. The number of carbonyl (C=O) groups is 2. The lowest BCUT2D eigenvalue weighted by Gasteiger charge is -2.22. The summed E-state index contributed by atoms with van der Waals surface area (Å²) in [5, 5.41) is 0. The molecule has 0 saturated carbocycles. The first-order chi connectivity index (χ1) is 11.2. The minimum absolute atomic E-state index is 0.194. The van der Waals surface area contributed by atoms with Gasteiger partial charge >= 0.3 is 12.1 Å². The molecule has 134 valence electrons. The van der Waals surface area contributed by atoms with Crippen molar-refractivity contribution in [3.8, 4) is 0 Å². The molecule has 0 aliphatic heterocycles. The molecule has 0 radical (unpaired) electrons. The van der Waals surface area contributed by atoms with Gasteiger partial charge in [0, 0.05) is 0 Å². The second-order valence-corrected chi connectivity index (χ2v) is 7.79. The van der Waals surface area contributed by atoms with Crippen molar-refractivity contribution in [1.29, 1.82) is 0 Å². The first-order valence-corrected chi connectivity index (χ1v) is 9.43. The van der Waals surface area contributed by atoms with Crippen LogP contribution in [0.3, 0.4) is 0 Å². The fraction of sp³-hybridized carbons (Fsp3) is 0.556. The molecule has 0 fully saturated rings. The number of nitrogens with one attached hydrogen (secondary N) is 1. The fourth-order valence-corrected chi connectivity index (χ4v) is 2.68. The molecule has 1 rings (SSSR count). The number of ether oxygens (including phenoxy) is 2. The third-order valence-electron chi connectivity index (χ3n) is 3.19. The Hall–Kier alpha value is -1.15. The van der Waals surface area contributed by atoms with Gasteiger partial charge in [0.2, 0.25) is 0 Å². The second kappa shape index (κ2) is 9.98. The average molecular weight is 448 g/mol. The summed E-state index contributed by atoms with van der Waals surface area (Å²) in [6.45, 7) is 8.79. The van der Waals surface area contributed by atoms with E-state index in [1.165, 1.54) is 0 Å². The van der Waals surface area contributed by atoms with Crippen LogP contribution < -0.4 is 4.90 Å². The highest BCUT2D eigenvalue weighted by molar-refractivity contribution is 14.1. The summed E-state index contributed by atoms with van der Waals surface area (Å²) in [5.41, 5.74) is 0.390. The number of esters is 1. The van der Waals surface area contributed by atoms with Crippen LogP contribution in [-0.4, -0.2) is 37.4 Å². The maximum absolute atomic E-state index is 12.2. The summed E-state index contributed by atoms with van der Waals surface area (Å²) in [4.78, 5) is 25.0. The molecule has 24 heavy (non-hydrogen) atoms. The zero-order valence-electron chi connectivity index (χ0n) is 14.8. The molecule has 0 heterocycles. The van der Waals surface area contributed by atoms with Gasteiger partial charge in [0.25, 0.3) is 0 Å². The number of rotatable bonds is 7. The average Bonchev–Trinajstić information content (AvgIpc) is 2.52. The maximum Gasteiger partial charge on any atom is 0.514 e. The topological polar surface area (TPSA) is 57.0 Å². The van der Waals surface area contributed by atoms with Crippen LogP contribution in [0.25, 0.3) is 0 Å². The van der Waals surface area contributed by atoms with Crippen molar-refractivity contribution in [2.45, 2.75) is 43.6 Å². The normalized spacial score (nSPS) is 13.9. The van der Waals surface area contributed by atoms with E-state index < -0.39 is 5.60 Å². The molecule has 1 aromatic rings. The van der Waals surface area contributed by atoms with Crippen LogP contribution in [0.15, 0.2) is 30.3 Å². The van der Waals surface area contributed by atoms with Gasteiger partial charge in [-0.3, -0.25) is 4.79 Å². The van der Waals surface area contributed by atoms with E-state index in [4.69, 9.17) is 9.47 Å². The summed E-state index contributed by atoms with van der Waals surface area (Å²) in [5.74, 6) is -0.290. The molecule has 0 saturated heterocycles. The number of quaternary nitrogens is 1. The van der Waals surface area contributed by atoms with E-state index in [0.717, 1.165) is 12.0 Å². The number of amides is 1. The molecular formula is C18H27INO4+. The van der Waals surface area contributed by atoms with E-state index >= 15 is 0 Å². The van der Waals surface area contributed by atoms with Crippen molar-refractivity contribution in [2.75, 3.05) is 19.7 Å². The van der Waals surface area contributed by atoms with E-state index in [-0.39, 0.29) is 22.6 Å². The van der Waals surface area contributed by atoms with Crippen molar-refractivity contribution < 1.29 is 24.0 Å². The molecule has 0 bridgehead atoms. The molecule has 5 nitrogen and oxygen atoms in total. The van der Waals surface area contributed by atoms with Crippen LogP contribution >= 0.6 is 22.6 Å². The quantitative estimate of drug-likeness (QED) is 0.396. The second-order valence-electron chi connectivity index (χ2n) is 6.55. The van der Waals surface area contributed by atoms with Crippen molar-refractivity contribution in [2.24, 2.45) is 0 Å². The Labute approximate surface area is 157 Å². The van der Waals surface area contributed by atoms with E-state index in [9.17, 15) is 9.59 Å². The van der Waals surface area contributed by atoms with Crippen molar-refractivity contribution in [1.82, 2.24) is 0 Å². The van der Waals surface area contributed by atoms with Gasteiger partial charge in [0.1, 0.15) is 22.7 Å². The van der Waals surface area contributed by atoms with Gasteiger partial charge in [0.15, 0.2) is 0 Å². The first kappa shape index (κ1) is 20.9. The first-order valence-electron chi connectivity index (χ1n) is 8.18. The Bertz CT molecular complexity index is 528. The van der Waals surface area contributed by atoms with E-state index in [0.29, 0.717) is 18.0 Å². The van der Waals surface area contributed by atoms with Gasteiger partial charge in [0.05, 0.1) is 6.54 Å². The Balaban J connectivity index is 2.50. The lowest BCUT2D eigenvalue weighted by atomic mass is 10.2. The van der Waals surface area contributed by atoms with Crippen LogP contribution in [0.5, 0.6) is 0 Å². The molecule has 0 spiro atoms. The Kier molecular flexibility index (Phi) is 8.69. The summed E-state index contributed by atoms with van der Waals surface area (Å²) in [6.07, 6.45) is 0.552. The van der Waals surface area contributed by atoms with Gasteiger partial charge in [-0.15, -0.1) is 0 Å². The van der Waals surface area contributed by atoms with Crippen LogP contribution in [0.1, 0.15) is 43.6 Å². The summed E-state index contributed by atoms with van der Waals surface area (Å²) in [7, 11) is 0. The third kappa shape index (κ3) is 7.61.